The van der Waals surface area contributed by atoms with Crippen molar-refractivity contribution in [2.24, 2.45) is 0 Å². The van der Waals surface area contributed by atoms with Crippen molar-refractivity contribution in [3.8, 4) is 11.4 Å². The zero-order chi connectivity index (χ0) is 25.4. The van der Waals surface area contributed by atoms with Crippen LogP contribution >= 0.6 is 11.6 Å². The lowest BCUT2D eigenvalue weighted by molar-refractivity contribution is -0.136. The molecule has 0 saturated carbocycles. The molecule has 180 valence electrons. The summed E-state index contributed by atoms with van der Waals surface area (Å²) >= 11 is 6.27. The smallest absolute Gasteiger partial charge is 0.340 e. The van der Waals surface area contributed by atoms with Gasteiger partial charge in [0.15, 0.2) is 0 Å². The van der Waals surface area contributed by atoms with Gasteiger partial charge in [0.2, 0.25) is 0 Å². The van der Waals surface area contributed by atoms with Gasteiger partial charge in [-0.05, 0) is 87.4 Å². The molecule has 0 aliphatic carbocycles. The van der Waals surface area contributed by atoms with Gasteiger partial charge in [-0.25, -0.2) is 4.79 Å². The Balaban J connectivity index is 1.85. The van der Waals surface area contributed by atoms with Crippen LogP contribution in [0.4, 0.5) is 5.69 Å². The number of carbonyl (C=O) groups is 2. The minimum absolute atomic E-state index is 0.247. The third kappa shape index (κ3) is 4.26. The largest absolute Gasteiger partial charge is 0.497 e. The minimum Gasteiger partial charge on any atom is -0.497 e. The minimum atomic E-state index is -0.558. The molecule has 0 radical (unpaired) electrons. The molecule has 1 aromatic heterocycles. The fraction of sp³-hybridized carbons (Fsp3) is 0.214. The van der Waals surface area contributed by atoms with Crippen molar-refractivity contribution in [3.05, 3.63) is 92.9 Å². The summed E-state index contributed by atoms with van der Waals surface area (Å²) in [6.07, 6.45) is 1.76. The Labute approximate surface area is 210 Å². The summed E-state index contributed by atoms with van der Waals surface area (Å²) in [4.78, 5) is 27.9. The number of anilines is 1. The summed E-state index contributed by atoms with van der Waals surface area (Å²) in [5.41, 5.74) is 6.46. The van der Waals surface area contributed by atoms with Gasteiger partial charge in [0.05, 0.1) is 25.4 Å². The van der Waals surface area contributed by atoms with Crippen LogP contribution in [0.2, 0.25) is 5.02 Å². The molecule has 0 saturated heterocycles. The molecule has 1 aliphatic rings. The van der Waals surface area contributed by atoms with Crippen LogP contribution in [0.1, 0.15) is 29.4 Å². The summed E-state index contributed by atoms with van der Waals surface area (Å²) < 4.78 is 12.4. The molecule has 1 amide bonds. The van der Waals surface area contributed by atoms with Crippen LogP contribution in [0.5, 0.6) is 5.75 Å². The fourth-order valence-corrected chi connectivity index (χ4v) is 4.67. The number of aromatic nitrogens is 1. The molecule has 0 spiro atoms. The second-order valence-electron chi connectivity index (χ2n) is 8.44. The summed E-state index contributed by atoms with van der Waals surface area (Å²) in [6.45, 7) is 7.75. The first-order valence-corrected chi connectivity index (χ1v) is 11.5. The number of carbonyl (C=O) groups excluding carboxylic acids is 2. The molecular weight excluding hydrogens is 464 g/mol. The number of rotatable bonds is 5. The van der Waals surface area contributed by atoms with Crippen molar-refractivity contribution in [2.45, 2.75) is 27.7 Å². The van der Waals surface area contributed by atoms with Crippen molar-refractivity contribution >= 4 is 35.2 Å². The number of hydrogen-bond donors (Lipinski definition) is 0. The average molecular weight is 491 g/mol. The monoisotopic (exact) mass is 490 g/mol. The predicted octanol–water partition coefficient (Wildman–Crippen LogP) is 5.94. The van der Waals surface area contributed by atoms with Gasteiger partial charge in [-0.3, -0.25) is 9.69 Å². The molecule has 4 rings (SSSR count). The van der Waals surface area contributed by atoms with Gasteiger partial charge in [0.25, 0.3) is 5.91 Å². The molecule has 7 heteroatoms. The maximum Gasteiger partial charge on any atom is 0.340 e. The first kappa shape index (κ1) is 24.4. The number of methoxy groups -OCH3 is 2. The molecule has 2 heterocycles. The molecule has 3 aromatic rings. The van der Waals surface area contributed by atoms with Crippen molar-refractivity contribution in [2.75, 3.05) is 19.1 Å². The van der Waals surface area contributed by atoms with Gasteiger partial charge in [-0.15, -0.1) is 0 Å². The maximum absolute atomic E-state index is 13.6. The molecule has 0 fully saturated rings. The molecule has 0 bridgehead atoms. The van der Waals surface area contributed by atoms with E-state index in [9.17, 15) is 9.59 Å². The van der Waals surface area contributed by atoms with Crippen LogP contribution in [0.15, 0.2) is 65.4 Å². The van der Waals surface area contributed by atoms with Gasteiger partial charge in [0.1, 0.15) is 5.75 Å². The van der Waals surface area contributed by atoms with E-state index in [0.29, 0.717) is 22.2 Å². The van der Waals surface area contributed by atoms with Crippen LogP contribution in [0, 0.1) is 20.8 Å². The number of aryl methyl sites for hydroxylation is 2. The van der Waals surface area contributed by atoms with Crippen molar-refractivity contribution in [3.63, 3.8) is 0 Å². The Bertz CT molecular complexity index is 1400. The number of allylic oxidation sites excluding steroid dienone is 1. The number of hydrogen-bond acceptors (Lipinski definition) is 4. The highest BCUT2D eigenvalue weighted by molar-refractivity contribution is 6.30. The molecule has 6 nitrogen and oxygen atoms in total. The van der Waals surface area contributed by atoms with E-state index in [-0.39, 0.29) is 17.1 Å². The summed E-state index contributed by atoms with van der Waals surface area (Å²) in [5.74, 6) is -0.177. The highest BCUT2D eigenvalue weighted by atomic mass is 35.5. The van der Waals surface area contributed by atoms with Crippen LogP contribution in [-0.4, -0.2) is 30.7 Å². The van der Waals surface area contributed by atoms with E-state index >= 15 is 0 Å². The van der Waals surface area contributed by atoms with Crippen molar-refractivity contribution < 1.29 is 19.1 Å². The Hall–Kier alpha value is -3.77. The highest BCUT2D eigenvalue weighted by Crippen LogP contribution is 2.37. The normalized spacial score (nSPS) is 14.8. The second-order valence-corrected chi connectivity index (χ2v) is 8.88. The number of amides is 1. The van der Waals surface area contributed by atoms with Crippen LogP contribution < -0.4 is 9.64 Å². The van der Waals surface area contributed by atoms with E-state index in [4.69, 9.17) is 21.1 Å². The summed E-state index contributed by atoms with van der Waals surface area (Å²) in [7, 11) is 2.90. The Kier molecular flexibility index (Phi) is 6.59. The highest BCUT2D eigenvalue weighted by Gasteiger charge is 2.38. The maximum atomic E-state index is 13.6. The molecule has 0 N–H and O–H groups in total. The molecular formula is C28H27ClN2O4. The van der Waals surface area contributed by atoms with Gasteiger partial charge in [-0.2, -0.15) is 0 Å². The number of nitrogens with zero attached hydrogens (tertiary/aromatic N) is 2. The Morgan fingerprint density at radius 2 is 1.66 bits per heavy atom. The number of halogens is 1. The topological polar surface area (TPSA) is 60.8 Å². The van der Waals surface area contributed by atoms with E-state index in [2.05, 4.69) is 4.57 Å². The molecule has 2 aromatic carbocycles. The number of benzene rings is 2. The quantitative estimate of drug-likeness (QED) is 0.328. The van der Waals surface area contributed by atoms with E-state index in [1.165, 1.54) is 12.0 Å². The molecule has 0 unspecified atom stereocenters. The van der Waals surface area contributed by atoms with E-state index in [1.807, 2.05) is 45.0 Å². The molecule has 0 atom stereocenters. The van der Waals surface area contributed by atoms with E-state index in [1.54, 1.807) is 44.4 Å². The lowest BCUT2D eigenvalue weighted by Gasteiger charge is -2.18. The summed E-state index contributed by atoms with van der Waals surface area (Å²) in [5, 5.41) is 0.644. The molecule has 1 aliphatic heterocycles. The van der Waals surface area contributed by atoms with Crippen molar-refractivity contribution in [1.29, 1.82) is 0 Å². The fourth-order valence-electron chi connectivity index (χ4n) is 4.51. The first-order chi connectivity index (χ1) is 16.7. The average Bonchev–Trinajstić information content (AvgIpc) is 3.26. The Morgan fingerprint density at radius 1 is 0.971 bits per heavy atom. The van der Waals surface area contributed by atoms with E-state index in [0.717, 1.165) is 28.2 Å². The SMILES string of the molecule is COC(=O)C1=C(C)N(c2ccc(OC)cc2)C(=O)/C1=C\c1cc(C)n(-c2cc(Cl)ccc2C)c1C. The van der Waals surface area contributed by atoms with Crippen LogP contribution in [0.25, 0.3) is 11.8 Å². The Morgan fingerprint density at radius 3 is 2.29 bits per heavy atom. The van der Waals surface area contributed by atoms with Gasteiger partial charge >= 0.3 is 5.97 Å². The standard InChI is InChI=1S/C28H27ClN2O4/c1-16-7-8-21(29)15-25(16)30-17(2)13-20(18(30)3)14-24-26(28(33)35-6)19(4)31(27(24)32)22-9-11-23(34-5)12-10-22/h7-15H,1-6H3/b24-14-. The second kappa shape index (κ2) is 9.47. The van der Waals surface area contributed by atoms with Gasteiger partial charge in [-0.1, -0.05) is 17.7 Å². The number of esters is 1. The van der Waals surface area contributed by atoms with E-state index < -0.39 is 5.97 Å². The molecule has 35 heavy (non-hydrogen) atoms. The zero-order valence-corrected chi connectivity index (χ0v) is 21.4. The predicted molar refractivity (Wildman–Crippen MR) is 138 cm³/mol. The lowest BCUT2D eigenvalue weighted by atomic mass is 10.0. The first-order valence-electron chi connectivity index (χ1n) is 11.1. The van der Waals surface area contributed by atoms with Crippen LogP contribution in [0.3, 0.4) is 0 Å². The number of ether oxygens (including phenoxy) is 2. The third-order valence-corrected chi connectivity index (χ3v) is 6.54. The lowest BCUT2D eigenvalue weighted by Crippen LogP contribution is -2.24. The van der Waals surface area contributed by atoms with Crippen molar-refractivity contribution in [1.82, 2.24) is 4.57 Å². The summed E-state index contributed by atoms with van der Waals surface area (Å²) in [6, 6.07) is 14.9. The van der Waals surface area contributed by atoms with Gasteiger partial charge < -0.3 is 14.0 Å². The van der Waals surface area contributed by atoms with Crippen LogP contribution in [-0.2, 0) is 14.3 Å². The van der Waals surface area contributed by atoms with Gasteiger partial charge in [0, 0.05) is 33.5 Å². The zero-order valence-electron chi connectivity index (χ0n) is 20.6. The third-order valence-electron chi connectivity index (χ3n) is 6.30.